The van der Waals surface area contributed by atoms with E-state index in [1.807, 2.05) is 28.0 Å². The standard InChI is InChI=1S/C21H23N3O2/c25-20(24-14-6-8-16-7-2-3-9-19(16)24)17-10-11-22-18(15-17)21(26)23-12-4-1-5-13-23/h2-3,7,9-11,15H,1,4-6,8,12-14H2. The van der Waals surface area contributed by atoms with Gasteiger partial charge in [-0.25, -0.2) is 0 Å². The number of benzene rings is 1. The van der Waals surface area contributed by atoms with Crippen molar-refractivity contribution in [2.24, 2.45) is 0 Å². The van der Waals surface area contributed by atoms with Crippen molar-refractivity contribution in [1.82, 2.24) is 9.88 Å². The van der Waals surface area contributed by atoms with E-state index < -0.39 is 0 Å². The first-order valence-electron chi connectivity index (χ1n) is 9.39. The summed E-state index contributed by atoms with van der Waals surface area (Å²) in [6.07, 6.45) is 6.76. The van der Waals surface area contributed by atoms with Crippen LogP contribution in [0.2, 0.25) is 0 Å². The van der Waals surface area contributed by atoms with Crippen molar-refractivity contribution in [3.8, 4) is 0 Å². The van der Waals surface area contributed by atoms with Gasteiger partial charge in [0.25, 0.3) is 11.8 Å². The van der Waals surface area contributed by atoms with E-state index in [2.05, 4.69) is 11.1 Å². The molecule has 2 aliphatic heterocycles. The Labute approximate surface area is 153 Å². The molecule has 26 heavy (non-hydrogen) atoms. The smallest absolute Gasteiger partial charge is 0.272 e. The highest BCUT2D eigenvalue weighted by Crippen LogP contribution is 2.28. The molecular weight excluding hydrogens is 326 g/mol. The van der Waals surface area contributed by atoms with Crippen LogP contribution in [0.4, 0.5) is 5.69 Å². The number of fused-ring (bicyclic) bond motifs is 1. The molecule has 0 bridgehead atoms. The van der Waals surface area contributed by atoms with Crippen LogP contribution in [0, 0.1) is 0 Å². The van der Waals surface area contributed by atoms with Gasteiger partial charge in [-0.05, 0) is 55.9 Å². The number of carbonyl (C=O) groups is 2. The van der Waals surface area contributed by atoms with Crippen molar-refractivity contribution >= 4 is 17.5 Å². The highest BCUT2D eigenvalue weighted by Gasteiger charge is 2.25. The number of rotatable bonds is 2. The van der Waals surface area contributed by atoms with Crippen LogP contribution in [0.15, 0.2) is 42.6 Å². The van der Waals surface area contributed by atoms with Gasteiger partial charge in [-0.2, -0.15) is 0 Å². The average Bonchev–Trinajstić information content (AvgIpc) is 2.73. The molecule has 0 saturated carbocycles. The van der Waals surface area contributed by atoms with Crippen molar-refractivity contribution in [3.05, 3.63) is 59.4 Å². The largest absolute Gasteiger partial charge is 0.337 e. The minimum atomic E-state index is -0.0709. The summed E-state index contributed by atoms with van der Waals surface area (Å²) in [5, 5.41) is 0. The van der Waals surface area contributed by atoms with E-state index in [1.54, 1.807) is 18.3 Å². The van der Waals surface area contributed by atoms with Gasteiger partial charge < -0.3 is 9.80 Å². The van der Waals surface area contributed by atoms with E-state index in [4.69, 9.17) is 0 Å². The van der Waals surface area contributed by atoms with Gasteiger partial charge in [0.05, 0.1) is 0 Å². The second kappa shape index (κ2) is 7.28. The molecule has 3 heterocycles. The summed E-state index contributed by atoms with van der Waals surface area (Å²) in [6, 6.07) is 11.4. The van der Waals surface area contributed by atoms with Gasteiger partial charge in [0.1, 0.15) is 5.69 Å². The summed E-state index contributed by atoms with van der Waals surface area (Å²) in [6.45, 7) is 2.25. The lowest BCUT2D eigenvalue weighted by Gasteiger charge is -2.29. The molecule has 1 saturated heterocycles. The summed E-state index contributed by atoms with van der Waals surface area (Å²) in [7, 11) is 0. The third-order valence-electron chi connectivity index (χ3n) is 5.22. The molecule has 4 rings (SSSR count). The van der Waals surface area contributed by atoms with Gasteiger partial charge in [0.2, 0.25) is 0 Å². The Morgan fingerprint density at radius 3 is 2.54 bits per heavy atom. The first-order chi connectivity index (χ1) is 12.7. The number of nitrogens with zero attached hydrogens (tertiary/aromatic N) is 3. The van der Waals surface area contributed by atoms with Crippen molar-refractivity contribution in [1.29, 1.82) is 0 Å². The summed E-state index contributed by atoms with van der Waals surface area (Å²) >= 11 is 0. The molecule has 5 heteroatoms. The van der Waals surface area contributed by atoms with E-state index in [0.29, 0.717) is 17.8 Å². The lowest BCUT2D eigenvalue weighted by atomic mass is 10.0. The molecule has 0 N–H and O–H groups in total. The number of hydrogen-bond acceptors (Lipinski definition) is 3. The molecule has 1 aromatic carbocycles. The SMILES string of the molecule is O=C(c1cc(C(=O)N2CCCc3ccccc32)ccn1)N1CCCCC1. The van der Waals surface area contributed by atoms with Crippen molar-refractivity contribution < 1.29 is 9.59 Å². The van der Waals surface area contributed by atoms with Crippen molar-refractivity contribution in [2.75, 3.05) is 24.5 Å². The number of piperidine rings is 1. The van der Waals surface area contributed by atoms with Gasteiger partial charge in [-0.3, -0.25) is 14.6 Å². The molecule has 1 aromatic heterocycles. The number of para-hydroxylation sites is 1. The van der Waals surface area contributed by atoms with E-state index in [1.165, 1.54) is 12.0 Å². The quantitative estimate of drug-likeness (QED) is 0.836. The molecule has 5 nitrogen and oxygen atoms in total. The van der Waals surface area contributed by atoms with E-state index in [0.717, 1.165) is 44.5 Å². The van der Waals surface area contributed by atoms with Crippen molar-refractivity contribution in [3.63, 3.8) is 0 Å². The molecule has 0 radical (unpaired) electrons. The van der Waals surface area contributed by atoms with E-state index in [9.17, 15) is 9.59 Å². The van der Waals surface area contributed by atoms with Gasteiger partial charge >= 0.3 is 0 Å². The van der Waals surface area contributed by atoms with Crippen molar-refractivity contribution in [2.45, 2.75) is 32.1 Å². The van der Waals surface area contributed by atoms with Gasteiger partial charge in [0, 0.05) is 37.1 Å². The Morgan fingerprint density at radius 2 is 1.69 bits per heavy atom. The first-order valence-corrected chi connectivity index (χ1v) is 9.39. The number of anilines is 1. The zero-order valence-electron chi connectivity index (χ0n) is 14.9. The molecule has 2 aromatic rings. The Hall–Kier alpha value is -2.69. The fourth-order valence-electron chi connectivity index (χ4n) is 3.84. The lowest BCUT2D eigenvalue weighted by molar-refractivity contribution is 0.0718. The summed E-state index contributed by atoms with van der Waals surface area (Å²) in [5.41, 5.74) is 3.07. The molecular formula is C21H23N3O2. The number of pyridine rings is 1. The molecule has 0 spiro atoms. The Balaban J connectivity index is 1.59. The topological polar surface area (TPSA) is 53.5 Å². The lowest BCUT2D eigenvalue weighted by Crippen LogP contribution is -2.37. The maximum atomic E-state index is 13.1. The van der Waals surface area contributed by atoms with Crippen LogP contribution in [0.5, 0.6) is 0 Å². The minimum Gasteiger partial charge on any atom is -0.337 e. The molecule has 0 atom stereocenters. The summed E-state index contributed by atoms with van der Waals surface area (Å²) in [5.74, 6) is -0.134. The Bertz CT molecular complexity index is 828. The molecule has 134 valence electrons. The second-order valence-corrected chi connectivity index (χ2v) is 6.97. The minimum absolute atomic E-state index is 0.0627. The van der Waals surface area contributed by atoms with Crippen LogP contribution < -0.4 is 4.90 Å². The monoisotopic (exact) mass is 349 g/mol. The molecule has 2 amide bonds. The Kier molecular flexibility index (Phi) is 4.69. The zero-order valence-corrected chi connectivity index (χ0v) is 14.9. The predicted molar refractivity (Wildman–Crippen MR) is 100 cm³/mol. The number of carbonyl (C=O) groups excluding carboxylic acids is 2. The summed E-state index contributed by atoms with van der Waals surface area (Å²) < 4.78 is 0. The fraction of sp³-hybridized carbons (Fsp3) is 0.381. The average molecular weight is 349 g/mol. The van der Waals surface area contributed by atoms with Crippen LogP contribution in [0.3, 0.4) is 0 Å². The number of likely N-dealkylation sites (tertiary alicyclic amines) is 1. The number of amides is 2. The predicted octanol–water partition coefficient (Wildman–Crippen LogP) is 3.30. The third kappa shape index (κ3) is 3.21. The highest BCUT2D eigenvalue weighted by molar-refractivity contribution is 6.07. The van der Waals surface area contributed by atoms with Gasteiger partial charge in [0.15, 0.2) is 0 Å². The molecule has 0 aliphatic carbocycles. The van der Waals surface area contributed by atoms with Crippen LogP contribution >= 0.6 is 0 Å². The fourth-order valence-corrected chi connectivity index (χ4v) is 3.84. The molecule has 2 aliphatic rings. The maximum Gasteiger partial charge on any atom is 0.272 e. The van der Waals surface area contributed by atoms with E-state index >= 15 is 0 Å². The second-order valence-electron chi connectivity index (χ2n) is 6.97. The third-order valence-corrected chi connectivity index (χ3v) is 5.22. The zero-order chi connectivity index (χ0) is 17.9. The molecule has 0 unspecified atom stereocenters. The van der Waals surface area contributed by atoms with Crippen LogP contribution in [0.25, 0.3) is 0 Å². The van der Waals surface area contributed by atoms with E-state index in [-0.39, 0.29) is 11.8 Å². The number of aryl methyl sites for hydroxylation is 1. The number of hydrogen-bond donors (Lipinski definition) is 0. The van der Waals surface area contributed by atoms with Gasteiger partial charge in [-0.15, -0.1) is 0 Å². The maximum absolute atomic E-state index is 13.1. The van der Waals surface area contributed by atoms with Crippen LogP contribution in [-0.2, 0) is 6.42 Å². The first kappa shape index (κ1) is 16.8. The summed E-state index contributed by atoms with van der Waals surface area (Å²) in [4.78, 5) is 33.7. The van der Waals surface area contributed by atoms with Crippen LogP contribution in [-0.4, -0.2) is 41.3 Å². The normalized spacial score (nSPS) is 16.9. The Morgan fingerprint density at radius 1 is 0.885 bits per heavy atom. The van der Waals surface area contributed by atoms with Gasteiger partial charge in [-0.1, -0.05) is 18.2 Å². The number of aromatic nitrogens is 1. The van der Waals surface area contributed by atoms with Crippen LogP contribution in [0.1, 0.15) is 52.1 Å². The highest BCUT2D eigenvalue weighted by atomic mass is 16.2. The molecule has 1 fully saturated rings.